The van der Waals surface area contributed by atoms with Gasteiger partial charge in [0.25, 0.3) is 0 Å². The molecule has 0 bridgehead atoms. The Bertz CT molecular complexity index is 813. The first-order chi connectivity index (χ1) is 13.0. The van der Waals surface area contributed by atoms with E-state index in [4.69, 9.17) is 0 Å². The van der Waals surface area contributed by atoms with Crippen LogP contribution in [0.25, 0.3) is 0 Å². The first kappa shape index (κ1) is 19.1. The van der Waals surface area contributed by atoms with Gasteiger partial charge in [-0.05, 0) is 42.2 Å². The van der Waals surface area contributed by atoms with Crippen molar-refractivity contribution in [2.45, 2.75) is 26.2 Å². The van der Waals surface area contributed by atoms with Crippen molar-refractivity contribution in [1.29, 1.82) is 0 Å². The monoisotopic (exact) mass is 368 g/mol. The number of hydrogen-bond donors (Lipinski definition) is 0. The maximum atomic E-state index is 13.3. The summed E-state index contributed by atoms with van der Waals surface area (Å²) in [7, 11) is 0. The molecule has 4 nitrogen and oxygen atoms in total. The summed E-state index contributed by atoms with van der Waals surface area (Å²) in [5.74, 6) is -0.215. The zero-order chi connectivity index (χ0) is 19.2. The SMILES string of the molecule is Cc1ccccc1CCC(=O)N1CCN(C(=O)Cc2cccc(F)c2)CC1. The molecule has 0 aliphatic carbocycles. The fourth-order valence-corrected chi connectivity index (χ4v) is 3.43. The van der Waals surface area contributed by atoms with Gasteiger partial charge in [-0.2, -0.15) is 0 Å². The van der Waals surface area contributed by atoms with Gasteiger partial charge in [0.05, 0.1) is 6.42 Å². The minimum Gasteiger partial charge on any atom is -0.339 e. The minimum atomic E-state index is -0.329. The van der Waals surface area contributed by atoms with E-state index >= 15 is 0 Å². The van der Waals surface area contributed by atoms with E-state index in [1.165, 1.54) is 23.3 Å². The van der Waals surface area contributed by atoms with Crippen molar-refractivity contribution in [3.8, 4) is 0 Å². The molecule has 2 aromatic carbocycles. The van der Waals surface area contributed by atoms with Crippen molar-refractivity contribution < 1.29 is 14.0 Å². The minimum absolute atomic E-state index is 0.0207. The van der Waals surface area contributed by atoms with E-state index in [1.54, 1.807) is 17.0 Å². The molecular weight excluding hydrogens is 343 g/mol. The molecule has 1 heterocycles. The van der Waals surface area contributed by atoms with E-state index in [2.05, 4.69) is 19.1 Å². The van der Waals surface area contributed by atoms with Gasteiger partial charge >= 0.3 is 0 Å². The Morgan fingerprint density at radius 2 is 1.59 bits per heavy atom. The molecule has 3 rings (SSSR count). The van der Waals surface area contributed by atoms with Crippen LogP contribution in [0.1, 0.15) is 23.1 Å². The molecule has 2 aromatic rings. The Morgan fingerprint density at radius 3 is 2.26 bits per heavy atom. The first-order valence-electron chi connectivity index (χ1n) is 9.37. The van der Waals surface area contributed by atoms with Crippen molar-refractivity contribution in [3.63, 3.8) is 0 Å². The van der Waals surface area contributed by atoms with Gasteiger partial charge in [-0.15, -0.1) is 0 Å². The molecule has 0 aromatic heterocycles. The number of amides is 2. The summed E-state index contributed by atoms with van der Waals surface area (Å²) < 4.78 is 13.3. The molecule has 0 saturated carbocycles. The summed E-state index contributed by atoms with van der Waals surface area (Å²) in [5, 5.41) is 0. The van der Waals surface area contributed by atoms with Gasteiger partial charge in [-0.3, -0.25) is 9.59 Å². The molecule has 0 N–H and O–H groups in total. The molecular formula is C22H25FN2O2. The molecule has 0 unspecified atom stereocenters. The van der Waals surface area contributed by atoms with Gasteiger partial charge in [0.1, 0.15) is 5.82 Å². The van der Waals surface area contributed by atoms with Crippen LogP contribution >= 0.6 is 0 Å². The van der Waals surface area contributed by atoms with Crippen molar-refractivity contribution >= 4 is 11.8 Å². The lowest BCUT2D eigenvalue weighted by atomic mass is 10.0. The van der Waals surface area contributed by atoms with E-state index in [0.29, 0.717) is 38.2 Å². The highest BCUT2D eigenvalue weighted by atomic mass is 19.1. The van der Waals surface area contributed by atoms with Crippen LogP contribution in [0.2, 0.25) is 0 Å². The molecule has 27 heavy (non-hydrogen) atoms. The van der Waals surface area contributed by atoms with E-state index < -0.39 is 0 Å². The van der Waals surface area contributed by atoms with Crippen LogP contribution in [-0.4, -0.2) is 47.8 Å². The van der Waals surface area contributed by atoms with E-state index in [9.17, 15) is 14.0 Å². The zero-order valence-corrected chi connectivity index (χ0v) is 15.7. The number of carbonyl (C=O) groups is 2. The number of nitrogens with zero attached hydrogens (tertiary/aromatic N) is 2. The average Bonchev–Trinajstić information content (AvgIpc) is 2.67. The zero-order valence-electron chi connectivity index (χ0n) is 15.7. The van der Waals surface area contributed by atoms with Crippen LogP contribution in [0.5, 0.6) is 0 Å². The van der Waals surface area contributed by atoms with Gasteiger partial charge in [0.15, 0.2) is 0 Å². The predicted molar refractivity (Wildman–Crippen MR) is 103 cm³/mol. The summed E-state index contributed by atoms with van der Waals surface area (Å²) in [4.78, 5) is 28.5. The number of rotatable bonds is 5. The second-order valence-corrected chi connectivity index (χ2v) is 6.99. The third-order valence-electron chi connectivity index (χ3n) is 5.10. The molecule has 142 valence electrons. The molecule has 5 heteroatoms. The Balaban J connectivity index is 1.46. The number of benzene rings is 2. The Kier molecular flexibility index (Phi) is 6.22. The first-order valence-corrected chi connectivity index (χ1v) is 9.37. The number of hydrogen-bond acceptors (Lipinski definition) is 2. The fraction of sp³-hybridized carbons (Fsp3) is 0.364. The summed E-state index contributed by atoms with van der Waals surface area (Å²) in [6.07, 6.45) is 1.42. The largest absolute Gasteiger partial charge is 0.339 e. The highest BCUT2D eigenvalue weighted by Crippen LogP contribution is 2.13. The Labute approximate surface area is 159 Å². The van der Waals surface area contributed by atoms with Gasteiger partial charge in [0.2, 0.25) is 11.8 Å². The third kappa shape index (κ3) is 5.16. The lowest BCUT2D eigenvalue weighted by Gasteiger charge is -2.35. The summed E-state index contributed by atoms with van der Waals surface area (Å²) in [6.45, 7) is 4.24. The summed E-state index contributed by atoms with van der Waals surface area (Å²) >= 11 is 0. The van der Waals surface area contributed by atoms with Gasteiger partial charge < -0.3 is 9.80 Å². The maximum Gasteiger partial charge on any atom is 0.227 e. The van der Waals surface area contributed by atoms with E-state index in [0.717, 1.165) is 6.42 Å². The lowest BCUT2D eigenvalue weighted by Crippen LogP contribution is -2.51. The number of halogens is 1. The lowest BCUT2D eigenvalue weighted by molar-refractivity contribution is -0.139. The third-order valence-corrected chi connectivity index (χ3v) is 5.10. The molecule has 0 radical (unpaired) electrons. The Hall–Kier alpha value is -2.69. The van der Waals surface area contributed by atoms with Gasteiger partial charge in [-0.25, -0.2) is 4.39 Å². The summed E-state index contributed by atoms with van der Waals surface area (Å²) in [5.41, 5.74) is 3.09. The van der Waals surface area contributed by atoms with Crippen LogP contribution in [0.15, 0.2) is 48.5 Å². The van der Waals surface area contributed by atoms with E-state index in [1.807, 2.05) is 17.0 Å². The summed E-state index contributed by atoms with van der Waals surface area (Å²) in [6, 6.07) is 14.2. The average molecular weight is 368 g/mol. The highest BCUT2D eigenvalue weighted by molar-refractivity contribution is 5.80. The van der Waals surface area contributed by atoms with Crippen molar-refractivity contribution in [2.75, 3.05) is 26.2 Å². The topological polar surface area (TPSA) is 40.6 Å². The normalized spacial score (nSPS) is 14.3. The van der Waals surface area contributed by atoms with Crippen molar-refractivity contribution in [3.05, 3.63) is 71.0 Å². The molecule has 2 amide bonds. The molecule has 0 atom stereocenters. The maximum absolute atomic E-state index is 13.3. The van der Waals surface area contributed by atoms with Crippen LogP contribution in [0.4, 0.5) is 4.39 Å². The quantitative estimate of drug-likeness (QED) is 0.814. The predicted octanol–water partition coefficient (Wildman–Crippen LogP) is 2.98. The Morgan fingerprint density at radius 1 is 0.926 bits per heavy atom. The van der Waals surface area contributed by atoms with Gasteiger partial charge in [0, 0.05) is 32.6 Å². The second kappa shape index (κ2) is 8.80. The van der Waals surface area contributed by atoms with E-state index in [-0.39, 0.29) is 24.1 Å². The number of aryl methyl sites for hydroxylation is 2. The highest BCUT2D eigenvalue weighted by Gasteiger charge is 2.24. The standard InChI is InChI=1S/C22H25FN2O2/c1-17-5-2-3-7-19(17)9-10-21(26)24-11-13-25(14-12-24)22(27)16-18-6-4-8-20(23)15-18/h2-8,15H,9-14,16H2,1H3. The van der Waals surface area contributed by atoms with Crippen LogP contribution in [-0.2, 0) is 22.4 Å². The van der Waals surface area contributed by atoms with Gasteiger partial charge in [-0.1, -0.05) is 36.4 Å². The molecule has 1 fully saturated rings. The number of piperazine rings is 1. The molecule has 1 saturated heterocycles. The van der Waals surface area contributed by atoms with Crippen LogP contribution in [0, 0.1) is 12.7 Å². The van der Waals surface area contributed by atoms with Crippen molar-refractivity contribution in [2.24, 2.45) is 0 Å². The number of carbonyl (C=O) groups excluding carboxylic acids is 2. The van der Waals surface area contributed by atoms with Crippen molar-refractivity contribution in [1.82, 2.24) is 9.80 Å². The molecule has 1 aliphatic heterocycles. The van der Waals surface area contributed by atoms with Crippen LogP contribution < -0.4 is 0 Å². The van der Waals surface area contributed by atoms with Crippen LogP contribution in [0.3, 0.4) is 0 Å². The fourth-order valence-electron chi connectivity index (χ4n) is 3.43. The smallest absolute Gasteiger partial charge is 0.227 e. The molecule has 1 aliphatic rings. The molecule has 0 spiro atoms. The second-order valence-electron chi connectivity index (χ2n) is 6.99.